The summed E-state index contributed by atoms with van der Waals surface area (Å²) < 4.78 is 10.1. The van der Waals surface area contributed by atoms with Gasteiger partial charge in [-0.25, -0.2) is 4.79 Å². The van der Waals surface area contributed by atoms with Crippen LogP contribution in [0.15, 0.2) is 27.5 Å². The van der Waals surface area contributed by atoms with Crippen molar-refractivity contribution < 1.29 is 23.6 Å². The van der Waals surface area contributed by atoms with Crippen molar-refractivity contribution in [2.45, 2.75) is 31.2 Å². The van der Waals surface area contributed by atoms with E-state index in [1.165, 1.54) is 12.5 Å². The van der Waals surface area contributed by atoms with E-state index in [1.54, 1.807) is 17.8 Å². The molecule has 0 saturated carbocycles. The molecule has 2 aromatic rings. The molecule has 0 spiro atoms. The monoisotopic (exact) mass is 351 g/mol. The zero-order valence-corrected chi connectivity index (χ0v) is 13.7. The number of nitrogens with one attached hydrogen (secondary N) is 1. The minimum absolute atomic E-state index is 0.0925. The van der Waals surface area contributed by atoms with Crippen molar-refractivity contribution in [3.8, 4) is 11.4 Å². The van der Waals surface area contributed by atoms with Crippen molar-refractivity contribution in [1.82, 2.24) is 15.5 Å². The summed E-state index contributed by atoms with van der Waals surface area (Å²) in [4.78, 5) is 27.9. The number of carbonyl (C=O) groups is 2. The highest BCUT2D eigenvalue weighted by molar-refractivity contribution is 7.99. The van der Waals surface area contributed by atoms with E-state index in [2.05, 4.69) is 15.5 Å². The maximum Gasteiger partial charge on any atom is 0.329 e. The SMILES string of the molecule is O=C(CCc1nc(-c2ccoc2)no1)NC1(C(=O)O)CCSCC1. The summed E-state index contributed by atoms with van der Waals surface area (Å²) in [5.74, 6) is 0.869. The molecule has 3 heterocycles. The molecule has 128 valence electrons. The van der Waals surface area contributed by atoms with Gasteiger partial charge in [-0.1, -0.05) is 5.16 Å². The lowest BCUT2D eigenvalue weighted by Gasteiger charge is -2.33. The second-order valence-electron chi connectivity index (χ2n) is 5.57. The Hall–Kier alpha value is -2.29. The zero-order chi connectivity index (χ0) is 17.0. The van der Waals surface area contributed by atoms with Crippen molar-refractivity contribution in [3.05, 3.63) is 24.5 Å². The largest absolute Gasteiger partial charge is 0.480 e. The van der Waals surface area contributed by atoms with Crippen molar-refractivity contribution in [3.63, 3.8) is 0 Å². The molecular formula is C15H17N3O5S. The quantitative estimate of drug-likeness (QED) is 0.807. The summed E-state index contributed by atoms with van der Waals surface area (Å²) in [5.41, 5.74) is -0.460. The van der Waals surface area contributed by atoms with Crippen LogP contribution in [0.3, 0.4) is 0 Å². The molecule has 1 aliphatic heterocycles. The molecule has 0 aliphatic carbocycles. The number of nitrogens with zero attached hydrogens (tertiary/aromatic N) is 2. The summed E-state index contributed by atoms with van der Waals surface area (Å²) in [6, 6.07) is 1.71. The van der Waals surface area contributed by atoms with Crippen LogP contribution < -0.4 is 5.32 Å². The molecule has 0 bridgehead atoms. The molecule has 24 heavy (non-hydrogen) atoms. The number of aryl methyl sites for hydroxylation is 1. The van der Waals surface area contributed by atoms with Crippen molar-refractivity contribution in [2.75, 3.05) is 11.5 Å². The summed E-state index contributed by atoms with van der Waals surface area (Å²) in [6.07, 6.45) is 4.22. The second-order valence-corrected chi connectivity index (χ2v) is 6.80. The van der Waals surface area contributed by atoms with E-state index in [0.717, 1.165) is 11.5 Å². The van der Waals surface area contributed by atoms with Crippen LogP contribution in [0.4, 0.5) is 0 Å². The average Bonchev–Trinajstić information content (AvgIpc) is 3.25. The number of furan rings is 1. The highest BCUT2D eigenvalue weighted by atomic mass is 32.2. The maximum absolute atomic E-state index is 12.1. The Morgan fingerprint density at radius 1 is 1.38 bits per heavy atom. The van der Waals surface area contributed by atoms with Gasteiger partial charge in [0.1, 0.15) is 11.8 Å². The Bertz CT molecular complexity index is 707. The van der Waals surface area contributed by atoms with Crippen LogP contribution in [0.2, 0.25) is 0 Å². The first-order chi connectivity index (χ1) is 11.6. The van der Waals surface area contributed by atoms with Crippen LogP contribution in [0, 0.1) is 0 Å². The third kappa shape index (κ3) is 3.61. The summed E-state index contributed by atoms with van der Waals surface area (Å²) >= 11 is 1.70. The van der Waals surface area contributed by atoms with Gasteiger partial charge in [-0.05, 0) is 30.4 Å². The molecule has 0 atom stereocenters. The maximum atomic E-state index is 12.1. The number of carboxylic acids is 1. The van der Waals surface area contributed by atoms with Crippen molar-refractivity contribution in [2.24, 2.45) is 0 Å². The molecule has 1 fully saturated rings. The molecular weight excluding hydrogens is 334 g/mol. The van der Waals surface area contributed by atoms with Gasteiger partial charge >= 0.3 is 5.97 Å². The highest BCUT2D eigenvalue weighted by Crippen LogP contribution is 2.27. The fourth-order valence-electron chi connectivity index (χ4n) is 2.53. The van der Waals surface area contributed by atoms with E-state index in [-0.39, 0.29) is 18.7 Å². The van der Waals surface area contributed by atoms with Gasteiger partial charge in [0.25, 0.3) is 0 Å². The lowest BCUT2D eigenvalue weighted by atomic mass is 9.92. The third-order valence-corrected chi connectivity index (χ3v) is 4.93. The van der Waals surface area contributed by atoms with E-state index in [9.17, 15) is 14.7 Å². The smallest absolute Gasteiger partial charge is 0.329 e. The molecule has 8 nitrogen and oxygen atoms in total. The molecule has 1 saturated heterocycles. The van der Waals surface area contributed by atoms with Gasteiger partial charge in [-0.15, -0.1) is 0 Å². The van der Waals surface area contributed by atoms with Crippen LogP contribution >= 0.6 is 11.8 Å². The number of rotatable bonds is 6. The van der Waals surface area contributed by atoms with Gasteiger partial charge in [0, 0.05) is 12.8 Å². The molecule has 2 N–H and O–H groups in total. The Kier molecular flexibility index (Phi) is 4.89. The molecule has 2 aromatic heterocycles. The van der Waals surface area contributed by atoms with Gasteiger partial charge in [-0.3, -0.25) is 4.79 Å². The Morgan fingerprint density at radius 3 is 2.83 bits per heavy atom. The van der Waals surface area contributed by atoms with Crippen LogP contribution in [0.25, 0.3) is 11.4 Å². The first kappa shape index (κ1) is 16.6. The van der Waals surface area contributed by atoms with E-state index in [4.69, 9.17) is 8.94 Å². The number of aliphatic carboxylic acids is 1. The number of carboxylic acid groups (broad SMARTS) is 1. The highest BCUT2D eigenvalue weighted by Gasteiger charge is 2.41. The molecule has 0 radical (unpaired) electrons. The molecule has 0 aromatic carbocycles. The predicted molar refractivity (Wildman–Crippen MR) is 85.4 cm³/mol. The predicted octanol–water partition coefficient (Wildman–Crippen LogP) is 1.73. The van der Waals surface area contributed by atoms with Crippen LogP contribution in [0.5, 0.6) is 0 Å². The fourth-order valence-corrected chi connectivity index (χ4v) is 3.72. The van der Waals surface area contributed by atoms with Gasteiger partial charge in [0.15, 0.2) is 0 Å². The standard InChI is InChI=1S/C15H17N3O5S/c19-11(17-15(14(20)21)4-7-24-8-5-15)1-2-12-16-13(18-23-12)10-3-6-22-9-10/h3,6,9H,1-2,4-5,7-8H2,(H,17,19)(H,20,21). The number of amides is 1. The molecule has 1 aliphatic rings. The van der Waals surface area contributed by atoms with Gasteiger partial charge in [0.2, 0.25) is 17.6 Å². The number of thioether (sulfide) groups is 1. The number of carbonyl (C=O) groups excluding carboxylic acids is 1. The van der Waals surface area contributed by atoms with Crippen LogP contribution in [0.1, 0.15) is 25.2 Å². The molecule has 9 heteroatoms. The summed E-state index contributed by atoms with van der Waals surface area (Å²) in [6.45, 7) is 0. The first-order valence-electron chi connectivity index (χ1n) is 7.56. The summed E-state index contributed by atoms with van der Waals surface area (Å²) in [7, 11) is 0. The fraction of sp³-hybridized carbons (Fsp3) is 0.467. The van der Waals surface area contributed by atoms with Gasteiger partial charge in [0.05, 0.1) is 11.8 Å². The minimum atomic E-state index is -1.15. The molecule has 1 amide bonds. The Morgan fingerprint density at radius 2 is 2.17 bits per heavy atom. The summed E-state index contributed by atoms with van der Waals surface area (Å²) in [5, 5.41) is 16.0. The lowest BCUT2D eigenvalue weighted by Crippen LogP contribution is -2.56. The van der Waals surface area contributed by atoms with E-state index >= 15 is 0 Å². The minimum Gasteiger partial charge on any atom is -0.480 e. The van der Waals surface area contributed by atoms with Gasteiger partial charge in [-0.2, -0.15) is 16.7 Å². The number of hydrogen-bond donors (Lipinski definition) is 2. The lowest BCUT2D eigenvalue weighted by molar-refractivity contribution is -0.148. The number of hydrogen-bond acceptors (Lipinski definition) is 7. The van der Waals surface area contributed by atoms with Gasteiger partial charge < -0.3 is 19.4 Å². The molecule has 0 unspecified atom stereocenters. The van der Waals surface area contributed by atoms with Crippen molar-refractivity contribution >= 4 is 23.6 Å². The second kappa shape index (κ2) is 7.08. The average molecular weight is 351 g/mol. The topological polar surface area (TPSA) is 118 Å². The van der Waals surface area contributed by atoms with E-state index < -0.39 is 11.5 Å². The Labute approximate surface area is 142 Å². The molecule has 3 rings (SSSR count). The van der Waals surface area contributed by atoms with Crippen molar-refractivity contribution in [1.29, 1.82) is 0 Å². The number of aromatic nitrogens is 2. The van der Waals surface area contributed by atoms with Crippen LogP contribution in [-0.4, -0.2) is 44.2 Å². The van der Waals surface area contributed by atoms with E-state index in [0.29, 0.717) is 30.1 Å². The normalized spacial score (nSPS) is 16.7. The Balaban J connectivity index is 1.56. The third-order valence-electron chi connectivity index (χ3n) is 3.95. The van der Waals surface area contributed by atoms with Crippen LogP contribution in [-0.2, 0) is 16.0 Å². The zero-order valence-electron chi connectivity index (χ0n) is 12.9. The first-order valence-corrected chi connectivity index (χ1v) is 8.72. The van der Waals surface area contributed by atoms with E-state index in [1.807, 2.05) is 0 Å².